The van der Waals surface area contributed by atoms with Crippen LogP contribution in [0, 0.1) is 0 Å². The number of hydrogen-bond donors (Lipinski definition) is 1. The molecule has 0 aromatic carbocycles. The van der Waals surface area contributed by atoms with Crippen molar-refractivity contribution in [3.05, 3.63) is 0 Å². The van der Waals surface area contributed by atoms with Crippen LogP contribution < -0.4 is 0 Å². The highest BCUT2D eigenvalue weighted by molar-refractivity contribution is 6.82. The van der Waals surface area contributed by atoms with Gasteiger partial charge in [-0.1, -0.05) is 59.7 Å². The molecular weight excluding hydrogens is 280 g/mol. The van der Waals surface area contributed by atoms with Gasteiger partial charge in [-0.3, -0.25) is 0 Å². The Balaban J connectivity index is 5.33. The highest BCUT2D eigenvalue weighted by Gasteiger charge is 2.42. The van der Waals surface area contributed by atoms with Crippen LogP contribution in [0.15, 0.2) is 0 Å². The summed E-state index contributed by atoms with van der Waals surface area (Å²) in [6.07, 6.45) is 0.602. The minimum atomic E-state index is -1.58. The van der Waals surface area contributed by atoms with E-state index in [1.54, 1.807) is 0 Å². The molecule has 0 bridgehead atoms. The lowest BCUT2D eigenvalue weighted by Gasteiger charge is -2.43. The van der Waals surface area contributed by atoms with Crippen molar-refractivity contribution in [3.63, 3.8) is 0 Å². The molecule has 2 nitrogen and oxygen atoms in total. The summed E-state index contributed by atoms with van der Waals surface area (Å²) in [5.41, 5.74) is 0.356. The molecule has 0 aliphatic heterocycles. The standard InChI is InChI=1S/C16H38O2Si2/c1-8-19(9-2,10-3)16(14-15(7)17)18-20(11-4,12-5)13-6/h15-17H,8-14H2,1-7H3/t15-,16+/m1/s1. The molecule has 1 N–H and O–H groups in total. The maximum atomic E-state index is 9.95. The molecule has 0 heterocycles. The lowest BCUT2D eigenvalue weighted by Crippen LogP contribution is -2.54. The first kappa shape index (κ1) is 20.4. The van der Waals surface area contributed by atoms with Crippen molar-refractivity contribution in [3.8, 4) is 0 Å². The van der Waals surface area contributed by atoms with Gasteiger partial charge in [0.05, 0.1) is 14.2 Å². The Morgan fingerprint density at radius 2 is 1.20 bits per heavy atom. The van der Waals surface area contributed by atoms with Crippen LogP contribution >= 0.6 is 0 Å². The van der Waals surface area contributed by atoms with Crippen molar-refractivity contribution in [1.29, 1.82) is 0 Å². The number of hydrogen-bond acceptors (Lipinski definition) is 2. The second-order valence-electron chi connectivity index (χ2n) is 6.36. The summed E-state index contributed by atoms with van der Waals surface area (Å²) in [5.74, 6) is 0. The van der Waals surface area contributed by atoms with E-state index in [4.69, 9.17) is 4.43 Å². The number of rotatable bonds is 11. The predicted molar refractivity (Wildman–Crippen MR) is 95.6 cm³/mol. The first-order valence-corrected chi connectivity index (χ1v) is 14.0. The van der Waals surface area contributed by atoms with Crippen LogP contribution in [0.2, 0.25) is 36.3 Å². The van der Waals surface area contributed by atoms with Crippen molar-refractivity contribution < 1.29 is 9.53 Å². The van der Waals surface area contributed by atoms with Gasteiger partial charge in [0.2, 0.25) is 0 Å². The van der Waals surface area contributed by atoms with Gasteiger partial charge in [-0.05, 0) is 31.5 Å². The highest BCUT2D eigenvalue weighted by Crippen LogP contribution is 2.34. The molecule has 0 saturated heterocycles. The van der Waals surface area contributed by atoms with E-state index in [1.807, 2.05) is 6.92 Å². The molecule has 0 aliphatic carbocycles. The Kier molecular flexibility index (Phi) is 9.55. The van der Waals surface area contributed by atoms with E-state index in [-0.39, 0.29) is 6.10 Å². The SMILES string of the molecule is CC[Si](CC)(CC)O[C@H](C[C@@H](C)O)[Si](CC)(CC)CC. The average Bonchev–Trinajstić information content (AvgIpc) is 2.46. The van der Waals surface area contributed by atoms with Crippen LogP contribution in [0.5, 0.6) is 0 Å². The molecule has 0 fully saturated rings. The van der Waals surface area contributed by atoms with Crippen LogP contribution in [0.4, 0.5) is 0 Å². The first-order valence-electron chi connectivity index (χ1n) is 8.74. The molecule has 0 rings (SSSR count). The molecule has 0 saturated carbocycles. The van der Waals surface area contributed by atoms with Crippen LogP contribution in [0.1, 0.15) is 54.9 Å². The molecule has 0 unspecified atom stereocenters. The third-order valence-electron chi connectivity index (χ3n) is 5.68. The lowest BCUT2D eigenvalue weighted by atomic mass is 10.3. The monoisotopic (exact) mass is 318 g/mol. The van der Waals surface area contributed by atoms with Crippen LogP contribution in [0.3, 0.4) is 0 Å². The fourth-order valence-electron chi connectivity index (χ4n) is 3.47. The Morgan fingerprint density at radius 3 is 1.45 bits per heavy atom. The van der Waals surface area contributed by atoms with Gasteiger partial charge in [-0.15, -0.1) is 0 Å². The molecular formula is C16H38O2Si2. The van der Waals surface area contributed by atoms with Crippen molar-refractivity contribution >= 4 is 16.4 Å². The highest BCUT2D eigenvalue weighted by atomic mass is 28.4. The summed E-state index contributed by atoms with van der Waals surface area (Å²) in [6.45, 7) is 15.8. The van der Waals surface area contributed by atoms with Gasteiger partial charge in [0.1, 0.15) is 0 Å². The van der Waals surface area contributed by atoms with E-state index < -0.39 is 16.4 Å². The summed E-state index contributed by atoms with van der Waals surface area (Å²) in [5, 5.41) is 9.95. The molecule has 0 aromatic heterocycles. The Hall–Kier alpha value is 0.354. The van der Waals surface area contributed by atoms with E-state index in [2.05, 4.69) is 41.5 Å². The average molecular weight is 319 g/mol. The lowest BCUT2D eigenvalue weighted by molar-refractivity contribution is 0.130. The molecule has 122 valence electrons. The fraction of sp³-hybridized carbons (Fsp3) is 1.00. The summed E-state index contributed by atoms with van der Waals surface area (Å²) in [6, 6.07) is 7.45. The van der Waals surface area contributed by atoms with Crippen molar-refractivity contribution in [2.24, 2.45) is 0 Å². The van der Waals surface area contributed by atoms with Crippen molar-refractivity contribution in [1.82, 2.24) is 0 Å². The van der Waals surface area contributed by atoms with Gasteiger partial charge < -0.3 is 9.53 Å². The Bertz CT molecular complexity index is 232. The Labute approximate surface area is 129 Å². The van der Waals surface area contributed by atoms with Gasteiger partial charge in [0, 0.05) is 5.73 Å². The zero-order chi connectivity index (χ0) is 15.8. The topological polar surface area (TPSA) is 29.5 Å². The Morgan fingerprint density at radius 1 is 0.800 bits per heavy atom. The van der Waals surface area contributed by atoms with Gasteiger partial charge in [-0.2, -0.15) is 0 Å². The third kappa shape index (κ3) is 4.97. The predicted octanol–water partition coefficient (Wildman–Crippen LogP) is 5.20. The van der Waals surface area contributed by atoms with Crippen molar-refractivity contribution in [2.45, 2.75) is 103 Å². The van der Waals surface area contributed by atoms with Crippen LogP contribution in [-0.2, 0) is 4.43 Å². The minimum absolute atomic E-state index is 0.242. The maximum absolute atomic E-state index is 9.95. The fourth-order valence-corrected chi connectivity index (χ4v) is 11.6. The summed E-state index contributed by atoms with van der Waals surface area (Å²) in [4.78, 5) is 0. The van der Waals surface area contributed by atoms with Crippen molar-refractivity contribution in [2.75, 3.05) is 0 Å². The van der Waals surface area contributed by atoms with Crippen LogP contribution in [-0.4, -0.2) is 33.3 Å². The third-order valence-corrected chi connectivity index (χ3v) is 16.5. The summed E-state index contributed by atoms with van der Waals surface area (Å²) in [7, 11) is -3.00. The molecule has 0 spiro atoms. The number of aliphatic hydroxyl groups excluding tert-OH is 1. The summed E-state index contributed by atoms with van der Waals surface area (Å²) >= 11 is 0. The smallest absolute Gasteiger partial charge is 0.191 e. The second kappa shape index (κ2) is 9.39. The van der Waals surface area contributed by atoms with Gasteiger partial charge in [-0.25, -0.2) is 0 Å². The zero-order valence-electron chi connectivity index (χ0n) is 15.0. The largest absolute Gasteiger partial charge is 0.417 e. The minimum Gasteiger partial charge on any atom is -0.417 e. The molecule has 2 atom stereocenters. The molecule has 0 radical (unpaired) electrons. The van der Waals surface area contributed by atoms with Gasteiger partial charge >= 0.3 is 0 Å². The summed E-state index contributed by atoms with van der Waals surface area (Å²) < 4.78 is 6.88. The molecule has 20 heavy (non-hydrogen) atoms. The van der Waals surface area contributed by atoms with E-state index in [9.17, 15) is 5.11 Å². The van der Waals surface area contributed by atoms with Gasteiger partial charge in [0.25, 0.3) is 0 Å². The molecule has 0 aliphatic rings. The molecule has 0 aromatic rings. The van der Waals surface area contributed by atoms with Crippen LogP contribution in [0.25, 0.3) is 0 Å². The van der Waals surface area contributed by atoms with Gasteiger partial charge in [0.15, 0.2) is 8.32 Å². The second-order valence-corrected chi connectivity index (χ2v) is 16.6. The van der Waals surface area contributed by atoms with E-state index in [1.165, 1.54) is 36.3 Å². The van der Waals surface area contributed by atoms with E-state index >= 15 is 0 Å². The van der Waals surface area contributed by atoms with E-state index in [0.29, 0.717) is 5.73 Å². The molecule has 4 heteroatoms. The van der Waals surface area contributed by atoms with E-state index in [0.717, 1.165) is 6.42 Å². The quantitative estimate of drug-likeness (QED) is 0.531. The number of aliphatic hydroxyl groups is 1. The molecule has 0 amide bonds. The zero-order valence-corrected chi connectivity index (χ0v) is 17.0. The first-order chi connectivity index (χ1) is 9.39. The normalized spacial score (nSPS) is 16.2. The maximum Gasteiger partial charge on any atom is 0.191 e.